The molecule has 0 saturated carbocycles. The topological polar surface area (TPSA) is 38.0 Å². The van der Waals surface area contributed by atoms with E-state index in [1.54, 1.807) is 10.8 Å². The average molecular weight is 192 g/mol. The van der Waals surface area contributed by atoms with Gasteiger partial charge in [0.15, 0.2) is 11.9 Å². The summed E-state index contributed by atoms with van der Waals surface area (Å²) in [7, 11) is 0. The molecule has 3 heteroatoms. The van der Waals surface area contributed by atoms with Gasteiger partial charge < -0.3 is 0 Å². The molecule has 0 spiro atoms. The Morgan fingerprint density at radius 3 is 2.21 bits per heavy atom. The molecule has 0 N–H and O–H groups in total. The predicted molar refractivity (Wildman–Crippen MR) is 51.8 cm³/mol. The van der Waals surface area contributed by atoms with Crippen molar-refractivity contribution in [2.75, 3.05) is 0 Å². The SMILES string of the molecule is CC(=O)C(C(C)=O)[n+]1ccccc1C. The van der Waals surface area contributed by atoms with Crippen LogP contribution in [0.2, 0.25) is 0 Å². The zero-order valence-corrected chi connectivity index (χ0v) is 8.65. The van der Waals surface area contributed by atoms with Crippen LogP contribution < -0.4 is 4.57 Å². The lowest BCUT2D eigenvalue weighted by molar-refractivity contribution is -0.701. The second-order valence-electron chi connectivity index (χ2n) is 3.37. The summed E-state index contributed by atoms with van der Waals surface area (Å²) in [6, 6.07) is 4.89. The van der Waals surface area contributed by atoms with E-state index in [0.717, 1.165) is 5.69 Å². The van der Waals surface area contributed by atoms with E-state index in [0.29, 0.717) is 0 Å². The van der Waals surface area contributed by atoms with Gasteiger partial charge in [0, 0.05) is 32.9 Å². The molecular formula is C11H14NO2+. The Morgan fingerprint density at radius 1 is 1.21 bits per heavy atom. The molecule has 1 aromatic rings. The summed E-state index contributed by atoms with van der Waals surface area (Å²) in [6.45, 7) is 4.75. The van der Waals surface area contributed by atoms with Gasteiger partial charge in [-0.25, -0.2) is 0 Å². The summed E-state index contributed by atoms with van der Waals surface area (Å²) < 4.78 is 1.70. The summed E-state index contributed by atoms with van der Waals surface area (Å²) in [6.07, 6.45) is 1.75. The minimum Gasteiger partial charge on any atom is -0.292 e. The van der Waals surface area contributed by atoms with Gasteiger partial charge in [-0.05, 0) is 0 Å². The molecule has 74 valence electrons. The number of rotatable bonds is 3. The number of aromatic nitrogens is 1. The highest BCUT2D eigenvalue weighted by Crippen LogP contribution is 2.02. The highest BCUT2D eigenvalue weighted by molar-refractivity contribution is 6.00. The van der Waals surface area contributed by atoms with Crippen LogP contribution in [0.15, 0.2) is 24.4 Å². The molecule has 14 heavy (non-hydrogen) atoms. The van der Waals surface area contributed by atoms with Crippen molar-refractivity contribution in [1.82, 2.24) is 0 Å². The Balaban J connectivity index is 3.18. The number of nitrogens with zero attached hydrogens (tertiary/aromatic N) is 1. The van der Waals surface area contributed by atoms with Crippen molar-refractivity contribution in [3.63, 3.8) is 0 Å². The van der Waals surface area contributed by atoms with Crippen LogP contribution in [-0.2, 0) is 9.59 Å². The molecule has 0 radical (unpaired) electrons. The Labute approximate surface area is 83.4 Å². The molecule has 0 atom stereocenters. The highest BCUT2D eigenvalue weighted by atomic mass is 16.2. The molecule has 1 rings (SSSR count). The van der Waals surface area contributed by atoms with Crippen molar-refractivity contribution in [3.05, 3.63) is 30.1 Å². The van der Waals surface area contributed by atoms with Crippen LogP contribution in [-0.4, -0.2) is 11.6 Å². The second kappa shape index (κ2) is 4.13. The zero-order chi connectivity index (χ0) is 10.7. The Bertz CT molecular complexity index is 357. The molecular weight excluding hydrogens is 178 g/mol. The summed E-state index contributed by atoms with van der Waals surface area (Å²) in [5.41, 5.74) is 0.905. The third-order valence-corrected chi connectivity index (χ3v) is 2.15. The number of pyridine rings is 1. The lowest BCUT2D eigenvalue weighted by Crippen LogP contribution is -2.48. The van der Waals surface area contributed by atoms with E-state index in [9.17, 15) is 9.59 Å². The number of carbonyl (C=O) groups excluding carboxylic acids is 2. The van der Waals surface area contributed by atoms with Gasteiger partial charge >= 0.3 is 0 Å². The van der Waals surface area contributed by atoms with Crippen LogP contribution in [0.3, 0.4) is 0 Å². The molecule has 0 aliphatic rings. The van der Waals surface area contributed by atoms with Gasteiger partial charge in [0.05, 0.1) is 0 Å². The molecule has 0 aliphatic carbocycles. The lowest BCUT2D eigenvalue weighted by atomic mass is 10.1. The third-order valence-electron chi connectivity index (χ3n) is 2.15. The Hall–Kier alpha value is -1.51. The van der Waals surface area contributed by atoms with Crippen LogP contribution in [0.25, 0.3) is 0 Å². The van der Waals surface area contributed by atoms with Crippen LogP contribution >= 0.6 is 0 Å². The molecule has 0 bridgehead atoms. The van der Waals surface area contributed by atoms with Crippen molar-refractivity contribution in [2.45, 2.75) is 26.8 Å². The summed E-state index contributed by atoms with van der Waals surface area (Å²) in [5.74, 6) is -0.256. The average Bonchev–Trinajstić information content (AvgIpc) is 2.07. The van der Waals surface area contributed by atoms with Crippen molar-refractivity contribution < 1.29 is 14.2 Å². The van der Waals surface area contributed by atoms with E-state index in [2.05, 4.69) is 0 Å². The molecule has 0 saturated heterocycles. The molecule has 0 amide bonds. The smallest absolute Gasteiger partial charge is 0.273 e. The first-order chi connectivity index (χ1) is 6.54. The van der Waals surface area contributed by atoms with E-state index in [1.807, 2.05) is 25.1 Å². The molecule has 0 unspecified atom stereocenters. The number of aryl methyl sites for hydroxylation is 1. The fourth-order valence-electron chi connectivity index (χ4n) is 1.51. The second-order valence-corrected chi connectivity index (χ2v) is 3.37. The number of carbonyl (C=O) groups is 2. The summed E-state index contributed by atoms with van der Waals surface area (Å²) in [5, 5.41) is 0. The molecule has 3 nitrogen and oxygen atoms in total. The monoisotopic (exact) mass is 192 g/mol. The fraction of sp³-hybridized carbons (Fsp3) is 0.364. The summed E-state index contributed by atoms with van der Waals surface area (Å²) >= 11 is 0. The number of hydrogen-bond donors (Lipinski definition) is 0. The molecule has 1 heterocycles. The molecule has 0 fully saturated rings. The van der Waals surface area contributed by atoms with E-state index in [1.165, 1.54) is 13.8 Å². The maximum absolute atomic E-state index is 11.3. The summed E-state index contributed by atoms with van der Waals surface area (Å²) in [4.78, 5) is 22.6. The predicted octanol–water partition coefficient (Wildman–Crippen LogP) is 1.00. The molecule has 0 aromatic carbocycles. The van der Waals surface area contributed by atoms with Crippen LogP contribution in [0.1, 0.15) is 25.6 Å². The first-order valence-electron chi connectivity index (χ1n) is 4.51. The van der Waals surface area contributed by atoms with Gasteiger partial charge in [-0.3, -0.25) is 9.59 Å². The van der Waals surface area contributed by atoms with E-state index < -0.39 is 6.04 Å². The van der Waals surface area contributed by atoms with Gasteiger partial charge in [0.1, 0.15) is 0 Å². The van der Waals surface area contributed by atoms with Gasteiger partial charge in [0.2, 0.25) is 11.6 Å². The maximum Gasteiger partial charge on any atom is 0.273 e. The number of hydrogen-bond acceptors (Lipinski definition) is 2. The molecule has 1 aromatic heterocycles. The Morgan fingerprint density at radius 2 is 1.79 bits per heavy atom. The highest BCUT2D eigenvalue weighted by Gasteiger charge is 2.29. The van der Waals surface area contributed by atoms with E-state index >= 15 is 0 Å². The lowest BCUT2D eigenvalue weighted by Gasteiger charge is -2.06. The normalized spacial score (nSPS) is 10.3. The van der Waals surface area contributed by atoms with Crippen molar-refractivity contribution in [3.8, 4) is 0 Å². The van der Waals surface area contributed by atoms with Crippen LogP contribution in [0, 0.1) is 6.92 Å². The van der Waals surface area contributed by atoms with Gasteiger partial charge in [0.25, 0.3) is 6.04 Å². The van der Waals surface area contributed by atoms with E-state index in [4.69, 9.17) is 0 Å². The minimum absolute atomic E-state index is 0.128. The van der Waals surface area contributed by atoms with Crippen LogP contribution in [0.5, 0.6) is 0 Å². The number of ketones is 2. The Kier molecular flexibility index (Phi) is 3.12. The molecule has 0 aliphatic heterocycles. The number of Topliss-reactive ketones (excluding diaryl/α,β-unsaturated/α-hetero) is 2. The first kappa shape index (κ1) is 10.6. The van der Waals surface area contributed by atoms with Crippen molar-refractivity contribution in [1.29, 1.82) is 0 Å². The maximum atomic E-state index is 11.3. The largest absolute Gasteiger partial charge is 0.292 e. The third kappa shape index (κ3) is 2.05. The standard InChI is InChI=1S/C11H14NO2/c1-8-6-4-5-7-12(8)11(9(2)13)10(3)14/h4-7,11H,1-3H3/q+1. The van der Waals surface area contributed by atoms with E-state index in [-0.39, 0.29) is 11.6 Å². The fourth-order valence-corrected chi connectivity index (χ4v) is 1.51. The van der Waals surface area contributed by atoms with Gasteiger partial charge in [-0.15, -0.1) is 0 Å². The quantitative estimate of drug-likeness (QED) is 0.529. The van der Waals surface area contributed by atoms with Gasteiger partial charge in [-0.1, -0.05) is 6.07 Å². The van der Waals surface area contributed by atoms with Crippen molar-refractivity contribution in [2.24, 2.45) is 0 Å². The minimum atomic E-state index is -0.670. The zero-order valence-electron chi connectivity index (χ0n) is 8.65. The van der Waals surface area contributed by atoms with Crippen LogP contribution in [0.4, 0.5) is 0 Å². The first-order valence-corrected chi connectivity index (χ1v) is 4.51. The van der Waals surface area contributed by atoms with Gasteiger partial charge in [-0.2, -0.15) is 4.57 Å². The van der Waals surface area contributed by atoms with Crippen molar-refractivity contribution >= 4 is 11.6 Å².